The fourth-order valence-electron chi connectivity index (χ4n) is 2.00. The first kappa shape index (κ1) is 16.0. The Morgan fingerprint density at radius 2 is 2.00 bits per heavy atom. The highest BCUT2D eigenvalue weighted by molar-refractivity contribution is 9.10. The lowest BCUT2D eigenvalue weighted by atomic mass is 10.0. The molecule has 0 aliphatic carbocycles. The second-order valence-electron chi connectivity index (χ2n) is 5.15. The van der Waals surface area contributed by atoms with Crippen molar-refractivity contribution >= 4 is 15.9 Å². The van der Waals surface area contributed by atoms with Crippen molar-refractivity contribution in [1.29, 1.82) is 0 Å². The van der Waals surface area contributed by atoms with E-state index >= 15 is 0 Å². The monoisotopic (exact) mass is 351 g/mol. The molecule has 112 valence electrons. The van der Waals surface area contributed by atoms with Gasteiger partial charge in [-0.25, -0.2) is 4.39 Å². The molecule has 4 heteroatoms. The Morgan fingerprint density at radius 3 is 2.67 bits per heavy atom. The van der Waals surface area contributed by atoms with Crippen molar-refractivity contribution in [3.05, 3.63) is 57.8 Å². The lowest BCUT2D eigenvalue weighted by molar-refractivity contribution is 0.475. The van der Waals surface area contributed by atoms with Crippen LogP contribution in [0.4, 0.5) is 4.39 Å². The average molecular weight is 352 g/mol. The summed E-state index contributed by atoms with van der Waals surface area (Å²) in [4.78, 5) is 0. The first-order valence-corrected chi connectivity index (χ1v) is 7.77. The van der Waals surface area contributed by atoms with E-state index < -0.39 is 0 Å². The largest absolute Gasteiger partial charge is 0.457 e. The van der Waals surface area contributed by atoms with E-state index in [9.17, 15) is 4.39 Å². The molecule has 0 aromatic heterocycles. The van der Waals surface area contributed by atoms with Crippen molar-refractivity contribution < 1.29 is 9.13 Å². The summed E-state index contributed by atoms with van der Waals surface area (Å²) >= 11 is 3.16. The van der Waals surface area contributed by atoms with Crippen molar-refractivity contribution in [2.45, 2.75) is 32.7 Å². The van der Waals surface area contributed by atoms with Gasteiger partial charge in [-0.1, -0.05) is 19.1 Å². The van der Waals surface area contributed by atoms with Gasteiger partial charge in [0.1, 0.15) is 17.3 Å². The van der Waals surface area contributed by atoms with Crippen LogP contribution in [0.2, 0.25) is 0 Å². The van der Waals surface area contributed by atoms with E-state index in [4.69, 9.17) is 10.5 Å². The molecule has 21 heavy (non-hydrogen) atoms. The van der Waals surface area contributed by atoms with Gasteiger partial charge >= 0.3 is 0 Å². The van der Waals surface area contributed by atoms with E-state index in [1.54, 1.807) is 12.1 Å². The number of benzene rings is 2. The van der Waals surface area contributed by atoms with Crippen molar-refractivity contribution in [3.8, 4) is 11.5 Å². The summed E-state index contributed by atoms with van der Waals surface area (Å²) in [6, 6.07) is 10.9. The van der Waals surface area contributed by atoms with Crippen LogP contribution < -0.4 is 10.5 Å². The van der Waals surface area contributed by atoms with E-state index in [2.05, 4.69) is 28.9 Å². The molecule has 2 aromatic carbocycles. The summed E-state index contributed by atoms with van der Waals surface area (Å²) in [5.74, 6) is 1.07. The van der Waals surface area contributed by atoms with Crippen LogP contribution in [0.1, 0.15) is 24.5 Å². The smallest absolute Gasteiger partial charge is 0.137 e. The number of halogens is 2. The molecule has 0 aliphatic heterocycles. The minimum absolute atomic E-state index is 0.153. The molecule has 0 bridgehead atoms. The molecule has 0 heterocycles. The minimum atomic E-state index is -0.304. The number of rotatable bonds is 5. The summed E-state index contributed by atoms with van der Waals surface area (Å²) in [6.07, 6.45) is 1.76. The number of ether oxygens (including phenoxy) is 1. The maximum absolute atomic E-state index is 13.2. The fraction of sp³-hybridized carbons (Fsp3) is 0.294. The zero-order chi connectivity index (χ0) is 15.4. The SMILES string of the molecule is CCC(N)Cc1ccc(C)c(Oc2ccc(F)c(Br)c2)c1. The second kappa shape index (κ2) is 7.05. The molecule has 0 spiro atoms. The molecule has 0 fully saturated rings. The van der Waals surface area contributed by atoms with Crippen LogP contribution >= 0.6 is 15.9 Å². The van der Waals surface area contributed by atoms with Crippen LogP contribution in [0.15, 0.2) is 40.9 Å². The van der Waals surface area contributed by atoms with E-state index in [0.717, 1.165) is 29.7 Å². The molecular formula is C17H19BrFNO. The molecule has 1 unspecified atom stereocenters. The van der Waals surface area contributed by atoms with E-state index in [1.165, 1.54) is 6.07 Å². The van der Waals surface area contributed by atoms with Gasteiger partial charge in [-0.3, -0.25) is 0 Å². The molecule has 2 aromatic rings. The highest BCUT2D eigenvalue weighted by Gasteiger charge is 2.08. The molecule has 2 N–H and O–H groups in total. The maximum atomic E-state index is 13.2. The third-order valence-corrected chi connectivity index (χ3v) is 4.00. The minimum Gasteiger partial charge on any atom is -0.457 e. The topological polar surface area (TPSA) is 35.2 Å². The van der Waals surface area contributed by atoms with Crippen molar-refractivity contribution in [2.75, 3.05) is 0 Å². The third-order valence-electron chi connectivity index (χ3n) is 3.39. The van der Waals surface area contributed by atoms with E-state index in [1.807, 2.05) is 19.1 Å². The molecular weight excluding hydrogens is 333 g/mol. The summed E-state index contributed by atoms with van der Waals surface area (Å²) < 4.78 is 19.5. The van der Waals surface area contributed by atoms with Gasteiger partial charge in [0.25, 0.3) is 0 Å². The van der Waals surface area contributed by atoms with Crippen molar-refractivity contribution in [3.63, 3.8) is 0 Å². The molecule has 1 atom stereocenters. The summed E-state index contributed by atoms with van der Waals surface area (Å²) in [6.45, 7) is 4.06. The Morgan fingerprint density at radius 1 is 1.24 bits per heavy atom. The first-order chi connectivity index (χ1) is 9.99. The van der Waals surface area contributed by atoms with E-state index in [0.29, 0.717) is 10.2 Å². The number of nitrogens with two attached hydrogens (primary N) is 1. The van der Waals surface area contributed by atoms with Crippen LogP contribution in [-0.4, -0.2) is 6.04 Å². The van der Waals surface area contributed by atoms with Crippen LogP contribution in [0.5, 0.6) is 11.5 Å². The van der Waals surface area contributed by atoms with Crippen LogP contribution in [-0.2, 0) is 6.42 Å². The maximum Gasteiger partial charge on any atom is 0.137 e. The lowest BCUT2D eigenvalue weighted by Gasteiger charge is -2.13. The van der Waals surface area contributed by atoms with Gasteiger partial charge in [0, 0.05) is 6.04 Å². The van der Waals surface area contributed by atoms with E-state index in [-0.39, 0.29) is 11.9 Å². The van der Waals surface area contributed by atoms with Gasteiger partial charge < -0.3 is 10.5 Å². The highest BCUT2D eigenvalue weighted by atomic mass is 79.9. The normalized spacial score (nSPS) is 12.2. The molecule has 0 saturated heterocycles. The predicted molar refractivity (Wildman–Crippen MR) is 87.3 cm³/mol. The Kier molecular flexibility index (Phi) is 5.37. The van der Waals surface area contributed by atoms with Gasteiger partial charge in [0.2, 0.25) is 0 Å². The molecule has 0 radical (unpaired) electrons. The highest BCUT2D eigenvalue weighted by Crippen LogP contribution is 2.29. The van der Waals surface area contributed by atoms with Crippen molar-refractivity contribution in [1.82, 2.24) is 0 Å². The molecule has 0 saturated carbocycles. The summed E-state index contributed by atoms with van der Waals surface area (Å²) in [5.41, 5.74) is 8.17. The second-order valence-corrected chi connectivity index (χ2v) is 6.00. The Bertz CT molecular complexity index is 630. The van der Waals surface area contributed by atoms with Crippen molar-refractivity contribution in [2.24, 2.45) is 5.73 Å². The van der Waals surface area contributed by atoms with Gasteiger partial charge in [-0.15, -0.1) is 0 Å². The third kappa shape index (κ3) is 4.29. The van der Waals surface area contributed by atoms with Crippen LogP contribution in [0.3, 0.4) is 0 Å². The fourth-order valence-corrected chi connectivity index (χ4v) is 2.35. The Balaban J connectivity index is 2.22. The molecule has 2 rings (SSSR count). The number of hydrogen-bond acceptors (Lipinski definition) is 2. The molecule has 0 aliphatic rings. The Labute approximate surface area is 133 Å². The number of aryl methyl sites for hydroxylation is 1. The number of hydrogen-bond donors (Lipinski definition) is 1. The lowest BCUT2D eigenvalue weighted by Crippen LogP contribution is -2.21. The summed E-state index contributed by atoms with van der Waals surface area (Å²) in [7, 11) is 0. The van der Waals surface area contributed by atoms with Gasteiger partial charge in [-0.2, -0.15) is 0 Å². The predicted octanol–water partition coefficient (Wildman–Crippen LogP) is 4.97. The standard InChI is InChI=1S/C17H19BrFNO/c1-3-13(20)8-12-5-4-11(2)17(9-12)21-14-6-7-16(19)15(18)10-14/h4-7,9-10,13H,3,8,20H2,1-2H3. The molecule has 2 nitrogen and oxygen atoms in total. The summed E-state index contributed by atoms with van der Waals surface area (Å²) in [5, 5.41) is 0. The Hall–Kier alpha value is -1.39. The van der Waals surface area contributed by atoms with Crippen LogP contribution in [0, 0.1) is 12.7 Å². The first-order valence-electron chi connectivity index (χ1n) is 6.97. The van der Waals surface area contributed by atoms with Crippen LogP contribution in [0.25, 0.3) is 0 Å². The quantitative estimate of drug-likeness (QED) is 0.825. The average Bonchev–Trinajstić information content (AvgIpc) is 2.46. The van der Waals surface area contributed by atoms with Gasteiger partial charge in [0.15, 0.2) is 0 Å². The zero-order valence-electron chi connectivity index (χ0n) is 12.2. The molecule has 0 amide bonds. The van der Waals surface area contributed by atoms with Gasteiger partial charge in [0.05, 0.1) is 4.47 Å². The van der Waals surface area contributed by atoms with Gasteiger partial charge in [-0.05, 0) is 71.1 Å². The zero-order valence-corrected chi connectivity index (χ0v) is 13.8.